The van der Waals surface area contributed by atoms with E-state index in [9.17, 15) is 9.59 Å². The number of anilines is 1. The van der Waals surface area contributed by atoms with Gasteiger partial charge in [-0.1, -0.05) is 44.2 Å². The van der Waals surface area contributed by atoms with Gasteiger partial charge in [-0.15, -0.1) is 0 Å². The van der Waals surface area contributed by atoms with E-state index in [0.717, 1.165) is 25.7 Å². The summed E-state index contributed by atoms with van der Waals surface area (Å²) in [6.45, 7) is 5.14. The Morgan fingerprint density at radius 1 is 1.18 bits per heavy atom. The largest absolute Gasteiger partial charge is 0.357 e. The van der Waals surface area contributed by atoms with Gasteiger partial charge in [-0.25, -0.2) is 15.3 Å². The lowest BCUT2D eigenvalue weighted by Gasteiger charge is -2.22. The standard InChI is InChI=1S/C25H33N5O4/c1-18(2)24(25(32)26-14-13-19-8-4-3-5-9-19)29-21-17-27-20(16-28-21)11-12-22(31)30-34-23-10-6-7-15-33-23/h3-5,8-9,11-12,16-18,23-24H,6-7,10,13-15H2,1-2H3,(H,26,32)(H,28,29)(H,30,31)/t23?,24-/m1/s1. The average Bonchev–Trinajstić information content (AvgIpc) is 2.86. The maximum atomic E-state index is 12.7. The van der Waals surface area contributed by atoms with Gasteiger partial charge >= 0.3 is 0 Å². The summed E-state index contributed by atoms with van der Waals surface area (Å²) in [6, 6.07) is 9.57. The maximum Gasteiger partial charge on any atom is 0.267 e. The fourth-order valence-corrected chi connectivity index (χ4v) is 3.40. The molecule has 2 atom stereocenters. The second kappa shape index (κ2) is 13.4. The van der Waals surface area contributed by atoms with Crippen molar-refractivity contribution in [3.63, 3.8) is 0 Å². The summed E-state index contributed by atoms with van der Waals surface area (Å²) >= 11 is 0. The molecule has 34 heavy (non-hydrogen) atoms. The summed E-state index contributed by atoms with van der Waals surface area (Å²) in [4.78, 5) is 38.5. The highest BCUT2D eigenvalue weighted by Crippen LogP contribution is 2.13. The van der Waals surface area contributed by atoms with Crippen molar-refractivity contribution in [3.8, 4) is 0 Å². The van der Waals surface area contributed by atoms with Crippen LogP contribution in [0.4, 0.5) is 5.82 Å². The first-order chi connectivity index (χ1) is 16.5. The third-order valence-corrected chi connectivity index (χ3v) is 5.31. The number of ether oxygens (including phenoxy) is 1. The molecule has 0 aliphatic carbocycles. The smallest absolute Gasteiger partial charge is 0.267 e. The zero-order valence-electron chi connectivity index (χ0n) is 19.7. The molecule has 1 fully saturated rings. The van der Waals surface area contributed by atoms with Gasteiger partial charge in [0.2, 0.25) is 5.91 Å². The number of aromatic nitrogens is 2. The Hall–Kier alpha value is -3.30. The number of nitrogens with zero attached hydrogens (tertiary/aromatic N) is 2. The number of hydrogen-bond donors (Lipinski definition) is 3. The Balaban J connectivity index is 1.45. The van der Waals surface area contributed by atoms with Crippen LogP contribution in [0.2, 0.25) is 0 Å². The van der Waals surface area contributed by atoms with Crippen LogP contribution >= 0.6 is 0 Å². The number of hydrogen-bond acceptors (Lipinski definition) is 7. The predicted molar refractivity (Wildman–Crippen MR) is 129 cm³/mol. The highest BCUT2D eigenvalue weighted by atomic mass is 16.8. The van der Waals surface area contributed by atoms with Crippen LogP contribution in [-0.4, -0.2) is 47.3 Å². The monoisotopic (exact) mass is 467 g/mol. The first-order valence-electron chi connectivity index (χ1n) is 11.7. The summed E-state index contributed by atoms with van der Waals surface area (Å²) in [5, 5.41) is 6.14. The van der Waals surface area contributed by atoms with Crippen molar-refractivity contribution in [2.24, 2.45) is 5.92 Å². The quantitative estimate of drug-likeness (QED) is 0.344. The summed E-state index contributed by atoms with van der Waals surface area (Å²) in [7, 11) is 0. The lowest BCUT2D eigenvalue weighted by atomic mass is 10.0. The third-order valence-electron chi connectivity index (χ3n) is 5.31. The Morgan fingerprint density at radius 3 is 2.68 bits per heavy atom. The molecule has 1 aromatic carbocycles. The van der Waals surface area contributed by atoms with Gasteiger partial charge in [0.05, 0.1) is 18.1 Å². The molecule has 1 aromatic heterocycles. The third kappa shape index (κ3) is 8.57. The fourth-order valence-electron chi connectivity index (χ4n) is 3.40. The zero-order valence-corrected chi connectivity index (χ0v) is 19.7. The van der Waals surface area contributed by atoms with Gasteiger partial charge in [-0.2, -0.15) is 0 Å². The van der Waals surface area contributed by atoms with Gasteiger partial charge in [0, 0.05) is 25.6 Å². The molecule has 2 amide bonds. The molecule has 0 saturated carbocycles. The molecule has 1 saturated heterocycles. The van der Waals surface area contributed by atoms with Gasteiger partial charge in [-0.05, 0) is 36.8 Å². The highest BCUT2D eigenvalue weighted by Gasteiger charge is 2.22. The second-order valence-corrected chi connectivity index (χ2v) is 8.43. The van der Waals surface area contributed by atoms with E-state index < -0.39 is 18.2 Å². The molecule has 0 spiro atoms. The van der Waals surface area contributed by atoms with Crippen LogP contribution < -0.4 is 16.1 Å². The predicted octanol–water partition coefficient (Wildman–Crippen LogP) is 2.86. The minimum atomic E-state index is -0.448. The number of rotatable bonds is 11. The first kappa shape index (κ1) is 25.3. The van der Waals surface area contributed by atoms with E-state index in [1.54, 1.807) is 0 Å². The fraction of sp³-hybridized carbons (Fsp3) is 0.440. The van der Waals surface area contributed by atoms with Crippen LogP contribution in [0.5, 0.6) is 0 Å². The van der Waals surface area contributed by atoms with Crippen molar-refractivity contribution >= 4 is 23.7 Å². The number of carbonyl (C=O) groups excluding carboxylic acids is 2. The second-order valence-electron chi connectivity index (χ2n) is 8.43. The molecule has 1 unspecified atom stereocenters. The Labute approximate surface area is 200 Å². The van der Waals surface area contributed by atoms with E-state index in [-0.39, 0.29) is 11.8 Å². The van der Waals surface area contributed by atoms with Gasteiger partial charge in [0.25, 0.3) is 5.91 Å². The minimum absolute atomic E-state index is 0.0509. The van der Waals surface area contributed by atoms with E-state index in [2.05, 4.69) is 26.1 Å². The molecule has 3 N–H and O–H groups in total. The first-order valence-corrected chi connectivity index (χ1v) is 11.7. The SMILES string of the molecule is CC(C)[C@@H](Nc1cnc(C=CC(=O)NOC2CCCCO2)cn1)C(=O)NCCc1ccccc1. The molecule has 2 aromatic rings. The van der Waals surface area contributed by atoms with Gasteiger partial charge in [-0.3, -0.25) is 14.6 Å². The van der Waals surface area contributed by atoms with Crippen molar-refractivity contribution < 1.29 is 19.2 Å². The van der Waals surface area contributed by atoms with Crippen LogP contribution in [0.15, 0.2) is 48.8 Å². The number of amides is 2. The molecular formula is C25H33N5O4. The molecule has 182 valence electrons. The van der Waals surface area contributed by atoms with E-state index >= 15 is 0 Å². The van der Waals surface area contributed by atoms with Crippen molar-refractivity contribution in [1.29, 1.82) is 0 Å². The van der Waals surface area contributed by atoms with Crippen molar-refractivity contribution in [3.05, 3.63) is 60.1 Å². The molecular weight excluding hydrogens is 434 g/mol. The lowest BCUT2D eigenvalue weighted by molar-refractivity contribution is -0.198. The number of carbonyl (C=O) groups is 2. The van der Waals surface area contributed by atoms with E-state index in [1.807, 2.05) is 44.2 Å². The normalized spacial score (nSPS) is 16.9. The summed E-state index contributed by atoms with van der Waals surface area (Å²) in [5.74, 6) is 0.0340. The van der Waals surface area contributed by atoms with Crippen LogP contribution in [0, 0.1) is 5.92 Å². The van der Waals surface area contributed by atoms with Gasteiger partial charge in [0.1, 0.15) is 11.9 Å². The van der Waals surface area contributed by atoms with Crippen LogP contribution in [0.1, 0.15) is 44.4 Å². The average molecular weight is 468 g/mol. The van der Waals surface area contributed by atoms with Gasteiger partial charge < -0.3 is 15.4 Å². The van der Waals surface area contributed by atoms with Crippen molar-refractivity contribution in [2.75, 3.05) is 18.5 Å². The minimum Gasteiger partial charge on any atom is -0.357 e. The van der Waals surface area contributed by atoms with Crippen LogP contribution in [0.3, 0.4) is 0 Å². The molecule has 3 rings (SSSR count). The molecule has 0 radical (unpaired) electrons. The number of benzene rings is 1. The van der Waals surface area contributed by atoms with Crippen LogP contribution in [0.25, 0.3) is 6.08 Å². The zero-order chi connectivity index (χ0) is 24.2. The van der Waals surface area contributed by atoms with E-state index in [4.69, 9.17) is 9.57 Å². The highest BCUT2D eigenvalue weighted by molar-refractivity contribution is 5.90. The van der Waals surface area contributed by atoms with Crippen molar-refractivity contribution in [1.82, 2.24) is 20.8 Å². The molecule has 9 nitrogen and oxygen atoms in total. The summed E-state index contributed by atoms with van der Waals surface area (Å²) in [6.07, 6.45) is 9.06. The lowest BCUT2D eigenvalue weighted by Crippen LogP contribution is -2.43. The summed E-state index contributed by atoms with van der Waals surface area (Å²) in [5.41, 5.74) is 4.03. The topological polar surface area (TPSA) is 114 Å². The van der Waals surface area contributed by atoms with Crippen LogP contribution in [-0.2, 0) is 25.6 Å². The van der Waals surface area contributed by atoms with Gasteiger partial charge in [0.15, 0.2) is 6.29 Å². The Bertz CT molecular complexity index is 928. The Morgan fingerprint density at radius 2 is 2.00 bits per heavy atom. The van der Waals surface area contributed by atoms with Crippen molar-refractivity contribution in [2.45, 2.75) is 51.9 Å². The molecule has 2 heterocycles. The maximum absolute atomic E-state index is 12.7. The molecule has 1 aliphatic heterocycles. The molecule has 1 aliphatic rings. The molecule has 0 bridgehead atoms. The van der Waals surface area contributed by atoms with E-state index in [0.29, 0.717) is 24.7 Å². The Kier molecular flexibility index (Phi) is 9.99. The molecule has 9 heteroatoms. The van der Waals surface area contributed by atoms with E-state index in [1.165, 1.54) is 30.1 Å². The summed E-state index contributed by atoms with van der Waals surface area (Å²) < 4.78 is 5.39. The number of hydroxylamine groups is 1. The number of nitrogens with one attached hydrogen (secondary N) is 3.